The van der Waals surface area contributed by atoms with Crippen molar-refractivity contribution in [2.45, 2.75) is 12.5 Å². The first-order valence-corrected chi connectivity index (χ1v) is 11.9. The third kappa shape index (κ3) is 4.42. The molecule has 1 heterocycles. The summed E-state index contributed by atoms with van der Waals surface area (Å²) in [7, 11) is 4.88. The van der Waals surface area contributed by atoms with Crippen molar-refractivity contribution in [3.63, 3.8) is 0 Å². The Morgan fingerprint density at radius 2 is 1.53 bits per heavy atom. The minimum atomic E-state index is -0.304. The fraction of sp³-hybridized carbons (Fsp3) is 0.233. The van der Waals surface area contributed by atoms with Crippen LogP contribution in [-0.2, 0) is 6.42 Å². The summed E-state index contributed by atoms with van der Waals surface area (Å²) >= 11 is 0. The van der Waals surface area contributed by atoms with Gasteiger partial charge in [-0.3, -0.25) is 4.79 Å². The lowest BCUT2D eigenvalue weighted by molar-refractivity contribution is 0.0591. The zero-order valence-electron chi connectivity index (χ0n) is 20.7. The molecule has 0 bridgehead atoms. The van der Waals surface area contributed by atoms with E-state index in [1.807, 2.05) is 83.8 Å². The molecule has 1 aliphatic heterocycles. The molecule has 0 unspecified atom stereocenters. The number of hydrogen-bond acceptors (Lipinski definition) is 5. The third-order valence-electron chi connectivity index (χ3n) is 6.75. The molecule has 1 amide bonds. The standard InChI is InChI=1S/C30H29NO5/c1-33-22-11-13-23(14-12-22)36-19-27-26-18-29(35-3)28(34-2)17-21(26)15-16-31(27)30(32)25-10-6-8-20-7-4-5-9-24(20)25/h4-14,17-18,27H,15-16,19H2,1-3H3/t27-/m0/s1. The molecule has 5 rings (SSSR count). The lowest BCUT2D eigenvalue weighted by atomic mass is 9.91. The van der Waals surface area contributed by atoms with E-state index in [2.05, 4.69) is 0 Å². The molecule has 0 N–H and O–H groups in total. The predicted molar refractivity (Wildman–Crippen MR) is 139 cm³/mol. The number of fused-ring (bicyclic) bond motifs is 2. The van der Waals surface area contributed by atoms with Crippen molar-refractivity contribution in [2.75, 3.05) is 34.5 Å². The second-order valence-electron chi connectivity index (χ2n) is 8.68. The van der Waals surface area contributed by atoms with Gasteiger partial charge in [0.1, 0.15) is 18.1 Å². The van der Waals surface area contributed by atoms with Crippen molar-refractivity contribution in [3.8, 4) is 23.0 Å². The molecule has 6 nitrogen and oxygen atoms in total. The summed E-state index contributed by atoms with van der Waals surface area (Å²) in [6.07, 6.45) is 0.714. The Morgan fingerprint density at radius 1 is 0.833 bits per heavy atom. The highest BCUT2D eigenvalue weighted by Crippen LogP contribution is 2.39. The van der Waals surface area contributed by atoms with Gasteiger partial charge in [0.2, 0.25) is 0 Å². The van der Waals surface area contributed by atoms with E-state index in [4.69, 9.17) is 18.9 Å². The molecule has 0 aliphatic carbocycles. The van der Waals surface area contributed by atoms with Crippen LogP contribution in [0.5, 0.6) is 23.0 Å². The fourth-order valence-corrected chi connectivity index (χ4v) is 4.86. The van der Waals surface area contributed by atoms with E-state index in [9.17, 15) is 4.79 Å². The van der Waals surface area contributed by atoms with E-state index in [0.29, 0.717) is 42.4 Å². The van der Waals surface area contributed by atoms with Crippen LogP contribution in [0.15, 0.2) is 78.9 Å². The summed E-state index contributed by atoms with van der Waals surface area (Å²) in [4.78, 5) is 15.9. The van der Waals surface area contributed by atoms with Crippen LogP contribution in [0.3, 0.4) is 0 Å². The fourth-order valence-electron chi connectivity index (χ4n) is 4.86. The monoisotopic (exact) mass is 483 g/mol. The second kappa shape index (κ2) is 10.2. The number of amides is 1. The molecule has 0 spiro atoms. The zero-order chi connectivity index (χ0) is 25.1. The number of benzene rings is 4. The van der Waals surface area contributed by atoms with Gasteiger partial charge in [-0.25, -0.2) is 0 Å². The summed E-state index contributed by atoms with van der Waals surface area (Å²) in [6, 6.07) is 25.0. The van der Waals surface area contributed by atoms with Gasteiger partial charge in [-0.1, -0.05) is 36.4 Å². The van der Waals surface area contributed by atoms with Crippen LogP contribution in [0.2, 0.25) is 0 Å². The van der Waals surface area contributed by atoms with Gasteiger partial charge in [0, 0.05) is 12.1 Å². The maximum absolute atomic E-state index is 14.0. The zero-order valence-corrected chi connectivity index (χ0v) is 20.7. The average molecular weight is 484 g/mol. The Kier molecular flexibility index (Phi) is 6.67. The maximum Gasteiger partial charge on any atom is 0.255 e. The quantitative estimate of drug-likeness (QED) is 0.338. The van der Waals surface area contributed by atoms with Gasteiger partial charge in [0.25, 0.3) is 5.91 Å². The highest BCUT2D eigenvalue weighted by molar-refractivity contribution is 6.07. The van der Waals surface area contributed by atoms with Gasteiger partial charge in [-0.15, -0.1) is 0 Å². The first-order chi connectivity index (χ1) is 17.6. The Balaban J connectivity index is 1.53. The Labute approximate surface area is 211 Å². The van der Waals surface area contributed by atoms with E-state index >= 15 is 0 Å². The summed E-state index contributed by atoms with van der Waals surface area (Å²) < 4.78 is 22.6. The van der Waals surface area contributed by atoms with Gasteiger partial charge in [0.15, 0.2) is 11.5 Å². The largest absolute Gasteiger partial charge is 0.497 e. The van der Waals surface area contributed by atoms with E-state index in [1.54, 1.807) is 21.3 Å². The number of carbonyl (C=O) groups is 1. The molecule has 36 heavy (non-hydrogen) atoms. The molecule has 0 radical (unpaired) electrons. The topological polar surface area (TPSA) is 57.2 Å². The van der Waals surface area contributed by atoms with Crippen LogP contribution < -0.4 is 18.9 Å². The number of carbonyl (C=O) groups excluding carboxylic acids is 1. The number of nitrogens with zero attached hydrogens (tertiary/aromatic N) is 1. The normalized spacial score (nSPS) is 14.8. The first kappa shape index (κ1) is 23.5. The highest BCUT2D eigenvalue weighted by Gasteiger charge is 2.34. The molecule has 1 atom stereocenters. The minimum Gasteiger partial charge on any atom is -0.497 e. The van der Waals surface area contributed by atoms with Gasteiger partial charge in [-0.2, -0.15) is 0 Å². The summed E-state index contributed by atoms with van der Waals surface area (Å²) in [6.45, 7) is 0.868. The van der Waals surface area contributed by atoms with Crippen LogP contribution in [0, 0.1) is 0 Å². The first-order valence-electron chi connectivity index (χ1n) is 11.9. The van der Waals surface area contributed by atoms with Crippen molar-refractivity contribution < 1.29 is 23.7 Å². The highest BCUT2D eigenvalue weighted by atomic mass is 16.5. The summed E-state index contributed by atoms with van der Waals surface area (Å²) in [5.41, 5.74) is 2.81. The van der Waals surface area contributed by atoms with E-state index < -0.39 is 0 Å². The lowest BCUT2D eigenvalue weighted by Crippen LogP contribution is -2.42. The van der Waals surface area contributed by atoms with Gasteiger partial charge >= 0.3 is 0 Å². The SMILES string of the molecule is COc1ccc(OC[C@H]2c3cc(OC)c(OC)cc3CCN2C(=O)c2cccc3ccccc23)cc1. The van der Waals surface area contributed by atoms with Crippen LogP contribution >= 0.6 is 0 Å². The molecular weight excluding hydrogens is 454 g/mol. The number of hydrogen-bond donors (Lipinski definition) is 0. The molecule has 6 heteroatoms. The van der Waals surface area contributed by atoms with Gasteiger partial charge in [-0.05, 0) is 70.8 Å². The van der Waals surface area contributed by atoms with Crippen molar-refractivity contribution in [1.82, 2.24) is 4.90 Å². The van der Waals surface area contributed by atoms with Crippen LogP contribution in [0.4, 0.5) is 0 Å². The smallest absolute Gasteiger partial charge is 0.255 e. The molecule has 0 saturated carbocycles. The van der Waals surface area contributed by atoms with Crippen LogP contribution in [0.25, 0.3) is 10.8 Å². The molecule has 0 fully saturated rings. The number of rotatable bonds is 7. The Morgan fingerprint density at radius 3 is 2.28 bits per heavy atom. The van der Waals surface area contributed by atoms with Crippen LogP contribution in [0.1, 0.15) is 27.5 Å². The van der Waals surface area contributed by atoms with Gasteiger partial charge in [0.05, 0.1) is 27.4 Å². The predicted octanol–water partition coefficient (Wildman–Crippen LogP) is 5.68. The lowest BCUT2D eigenvalue weighted by Gasteiger charge is -2.38. The van der Waals surface area contributed by atoms with E-state index in [1.165, 1.54) is 0 Å². The second-order valence-corrected chi connectivity index (χ2v) is 8.68. The van der Waals surface area contributed by atoms with Crippen molar-refractivity contribution in [3.05, 3.63) is 95.6 Å². The molecule has 4 aromatic rings. The minimum absolute atomic E-state index is 0.0180. The van der Waals surface area contributed by atoms with Gasteiger partial charge < -0.3 is 23.8 Å². The Bertz CT molecular complexity index is 1380. The van der Waals surface area contributed by atoms with Crippen LogP contribution in [-0.4, -0.2) is 45.3 Å². The Hall–Kier alpha value is -4.19. The molecule has 1 aliphatic rings. The van der Waals surface area contributed by atoms with Crippen molar-refractivity contribution >= 4 is 16.7 Å². The van der Waals surface area contributed by atoms with E-state index in [0.717, 1.165) is 27.6 Å². The maximum atomic E-state index is 14.0. The molecular formula is C30H29NO5. The summed E-state index contributed by atoms with van der Waals surface area (Å²) in [5.74, 6) is 2.76. The average Bonchev–Trinajstić information content (AvgIpc) is 2.94. The van der Waals surface area contributed by atoms with E-state index in [-0.39, 0.29) is 11.9 Å². The molecule has 184 valence electrons. The third-order valence-corrected chi connectivity index (χ3v) is 6.75. The summed E-state index contributed by atoms with van der Waals surface area (Å²) in [5, 5.41) is 1.98. The number of methoxy groups -OCH3 is 3. The molecule has 0 aromatic heterocycles. The van der Waals surface area contributed by atoms with Crippen molar-refractivity contribution in [1.29, 1.82) is 0 Å². The number of ether oxygens (including phenoxy) is 4. The van der Waals surface area contributed by atoms with Crippen molar-refractivity contribution in [2.24, 2.45) is 0 Å². The molecule has 0 saturated heterocycles. The molecule has 4 aromatic carbocycles.